The van der Waals surface area contributed by atoms with E-state index in [0.29, 0.717) is 6.04 Å². The monoisotopic (exact) mass is 219 g/mol. The Morgan fingerprint density at radius 3 is 3.12 bits per heavy atom. The molecule has 1 aromatic rings. The van der Waals surface area contributed by atoms with Crippen molar-refractivity contribution in [2.24, 2.45) is 0 Å². The molecule has 0 radical (unpaired) electrons. The van der Waals surface area contributed by atoms with E-state index in [1.54, 1.807) is 0 Å². The lowest BCUT2D eigenvalue weighted by Gasteiger charge is -2.44. The molecule has 16 heavy (non-hydrogen) atoms. The second-order valence-electron chi connectivity index (χ2n) is 4.65. The topological polar surface area (TPSA) is 41.7 Å². The Labute approximate surface area is 95.6 Å². The summed E-state index contributed by atoms with van der Waals surface area (Å²) in [4.78, 5) is 4.80. The average Bonchev–Trinajstić information content (AvgIpc) is 2.28. The molecule has 86 valence electrons. The van der Waals surface area contributed by atoms with Crippen LogP contribution in [-0.2, 0) is 0 Å². The first kappa shape index (κ1) is 9.78. The molecule has 0 aliphatic carbocycles. The molecular weight excluding hydrogens is 202 g/mol. The summed E-state index contributed by atoms with van der Waals surface area (Å²) in [5, 5.41) is 0. The molecule has 4 heteroatoms. The summed E-state index contributed by atoms with van der Waals surface area (Å²) < 4.78 is 5.77. The van der Waals surface area contributed by atoms with E-state index in [2.05, 4.69) is 22.9 Å². The molecule has 0 saturated carbocycles. The molecule has 2 heterocycles. The molecule has 1 fully saturated rings. The van der Waals surface area contributed by atoms with Gasteiger partial charge in [0.05, 0.1) is 11.7 Å². The van der Waals surface area contributed by atoms with Gasteiger partial charge in [-0.15, -0.1) is 0 Å². The van der Waals surface area contributed by atoms with Gasteiger partial charge in [0.15, 0.2) is 0 Å². The highest BCUT2D eigenvalue weighted by atomic mass is 16.5. The Morgan fingerprint density at radius 2 is 2.25 bits per heavy atom. The summed E-state index contributed by atoms with van der Waals surface area (Å²) in [6.07, 6.45) is 0. The third-order valence-corrected chi connectivity index (χ3v) is 3.41. The first-order valence-electron chi connectivity index (χ1n) is 5.71. The van der Waals surface area contributed by atoms with Crippen LogP contribution in [0.3, 0.4) is 0 Å². The maximum Gasteiger partial charge on any atom is 0.144 e. The van der Waals surface area contributed by atoms with Crippen LogP contribution in [-0.4, -0.2) is 44.2 Å². The lowest BCUT2D eigenvalue weighted by molar-refractivity contribution is 0.188. The molecule has 1 aromatic carbocycles. The summed E-state index contributed by atoms with van der Waals surface area (Å²) in [7, 11) is 2.16. The van der Waals surface area contributed by atoms with E-state index in [1.165, 1.54) is 5.69 Å². The largest absolute Gasteiger partial charge is 0.489 e. The number of nitrogens with two attached hydrogens (primary N) is 1. The van der Waals surface area contributed by atoms with Gasteiger partial charge in [-0.3, -0.25) is 0 Å². The highest BCUT2D eigenvalue weighted by Crippen LogP contribution is 2.36. The van der Waals surface area contributed by atoms with Crippen molar-refractivity contribution in [3.63, 3.8) is 0 Å². The van der Waals surface area contributed by atoms with E-state index in [1.807, 2.05) is 12.1 Å². The van der Waals surface area contributed by atoms with Crippen LogP contribution in [0.5, 0.6) is 5.75 Å². The molecule has 0 spiro atoms. The maximum atomic E-state index is 5.77. The van der Waals surface area contributed by atoms with Gasteiger partial charge in [-0.05, 0) is 19.2 Å². The van der Waals surface area contributed by atoms with E-state index >= 15 is 0 Å². The number of fused-ring (bicyclic) bond motifs is 3. The molecule has 2 aliphatic rings. The zero-order valence-corrected chi connectivity index (χ0v) is 9.52. The van der Waals surface area contributed by atoms with Crippen LogP contribution in [0.2, 0.25) is 0 Å². The fourth-order valence-corrected chi connectivity index (χ4v) is 2.54. The quantitative estimate of drug-likeness (QED) is 0.655. The Hall–Kier alpha value is -1.42. The van der Waals surface area contributed by atoms with Gasteiger partial charge in [0.25, 0.3) is 0 Å². The second-order valence-corrected chi connectivity index (χ2v) is 4.65. The summed E-state index contributed by atoms with van der Waals surface area (Å²) >= 11 is 0. The number of nitrogen functional groups attached to an aromatic ring is 1. The number of nitrogens with zero attached hydrogens (tertiary/aromatic N) is 2. The third-order valence-electron chi connectivity index (χ3n) is 3.41. The number of rotatable bonds is 0. The Kier molecular flexibility index (Phi) is 2.17. The van der Waals surface area contributed by atoms with Crippen LogP contribution in [0.15, 0.2) is 18.2 Å². The third kappa shape index (κ3) is 1.50. The van der Waals surface area contributed by atoms with Gasteiger partial charge in [-0.1, -0.05) is 0 Å². The number of anilines is 2. The summed E-state index contributed by atoms with van der Waals surface area (Å²) in [6, 6.07) is 6.42. The Balaban J connectivity index is 1.94. The van der Waals surface area contributed by atoms with Crippen molar-refractivity contribution < 1.29 is 4.74 Å². The van der Waals surface area contributed by atoms with Gasteiger partial charge in [0.1, 0.15) is 12.4 Å². The van der Waals surface area contributed by atoms with Crippen molar-refractivity contribution in [3.05, 3.63) is 18.2 Å². The molecule has 4 nitrogen and oxygen atoms in total. The van der Waals surface area contributed by atoms with E-state index in [4.69, 9.17) is 10.5 Å². The van der Waals surface area contributed by atoms with Crippen LogP contribution in [0.4, 0.5) is 11.4 Å². The smallest absolute Gasteiger partial charge is 0.144 e. The van der Waals surface area contributed by atoms with Crippen LogP contribution in [0, 0.1) is 0 Å². The zero-order valence-electron chi connectivity index (χ0n) is 9.52. The normalized spacial score (nSPS) is 24.6. The standard InChI is InChI=1S/C12H17N3O/c1-14-4-5-15-10(7-14)8-16-12-6-9(13)2-3-11(12)15/h2-3,6,10H,4-5,7-8,13H2,1H3. The summed E-state index contributed by atoms with van der Waals surface area (Å²) in [5.41, 5.74) is 7.73. The fourth-order valence-electron chi connectivity index (χ4n) is 2.54. The van der Waals surface area contributed by atoms with E-state index in [-0.39, 0.29) is 0 Å². The lowest BCUT2D eigenvalue weighted by atomic mass is 10.1. The van der Waals surface area contributed by atoms with Crippen molar-refractivity contribution in [3.8, 4) is 5.75 Å². The predicted molar refractivity (Wildman–Crippen MR) is 65.0 cm³/mol. The molecule has 0 aromatic heterocycles. The Morgan fingerprint density at radius 1 is 1.38 bits per heavy atom. The molecule has 0 bridgehead atoms. The number of piperazine rings is 1. The lowest BCUT2D eigenvalue weighted by Crippen LogP contribution is -2.56. The molecule has 1 saturated heterocycles. The average molecular weight is 219 g/mol. The van der Waals surface area contributed by atoms with Crippen molar-refractivity contribution >= 4 is 11.4 Å². The van der Waals surface area contributed by atoms with Gasteiger partial charge >= 0.3 is 0 Å². The molecule has 2 aliphatic heterocycles. The van der Waals surface area contributed by atoms with E-state index in [0.717, 1.165) is 37.7 Å². The van der Waals surface area contributed by atoms with Crippen molar-refractivity contribution in [2.45, 2.75) is 6.04 Å². The highest BCUT2D eigenvalue weighted by Gasteiger charge is 2.31. The van der Waals surface area contributed by atoms with Gasteiger partial charge in [0, 0.05) is 31.4 Å². The zero-order chi connectivity index (χ0) is 11.1. The minimum atomic E-state index is 0.481. The van der Waals surface area contributed by atoms with Crippen LogP contribution < -0.4 is 15.4 Å². The number of benzene rings is 1. The number of likely N-dealkylation sites (N-methyl/N-ethyl adjacent to an activating group) is 1. The minimum absolute atomic E-state index is 0.481. The molecule has 1 atom stereocenters. The Bertz CT molecular complexity index is 407. The molecule has 1 unspecified atom stereocenters. The first-order valence-corrected chi connectivity index (χ1v) is 5.71. The number of hydrogen-bond acceptors (Lipinski definition) is 4. The van der Waals surface area contributed by atoms with Crippen molar-refractivity contribution in [1.82, 2.24) is 4.90 Å². The maximum absolute atomic E-state index is 5.77. The van der Waals surface area contributed by atoms with Gasteiger partial charge in [0.2, 0.25) is 0 Å². The first-order chi connectivity index (χ1) is 7.74. The minimum Gasteiger partial charge on any atom is -0.489 e. The molecule has 0 amide bonds. The SMILES string of the molecule is CN1CCN2c3ccc(N)cc3OCC2C1. The van der Waals surface area contributed by atoms with Crippen LogP contribution in [0.25, 0.3) is 0 Å². The second kappa shape index (κ2) is 3.56. The van der Waals surface area contributed by atoms with Crippen molar-refractivity contribution in [2.75, 3.05) is 43.9 Å². The van der Waals surface area contributed by atoms with Crippen molar-refractivity contribution in [1.29, 1.82) is 0 Å². The number of ether oxygens (including phenoxy) is 1. The molecular formula is C12H17N3O. The highest BCUT2D eigenvalue weighted by molar-refractivity contribution is 5.66. The predicted octanol–water partition coefficient (Wildman–Crippen LogP) is 0.782. The summed E-state index contributed by atoms with van der Waals surface area (Å²) in [5.74, 6) is 0.931. The van der Waals surface area contributed by atoms with Gasteiger partial charge in [-0.25, -0.2) is 0 Å². The van der Waals surface area contributed by atoms with Crippen LogP contribution in [0.1, 0.15) is 0 Å². The molecule has 3 rings (SSSR count). The van der Waals surface area contributed by atoms with Crippen LogP contribution >= 0.6 is 0 Å². The van der Waals surface area contributed by atoms with Gasteiger partial charge < -0.3 is 20.3 Å². The molecule has 2 N–H and O–H groups in total. The van der Waals surface area contributed by atoms with Gasteiger partial charge in [-0.2, -0.15) is 0 Å². The fraction of sp³-hybridized carbons (Fsp3) is 0.500. The van der Waals surface area contributed by atoms with E-state index in [9.17, 15) is 0 Å². The summed E-state index contributed by atoms with van der Waals surface area (Å²) in [6.45, 7) is 4.02. The number of hydrogen-bond donors (Lipinski definition) is 1. The van der Waals surface area contributed by atoms with E-state index < -0.39 is 0 Å².